The average Bonchev–Trinajstić information content (AvgIpc) is 3.06. The summed E-state index contributed by atoms with van der Waals surface area (Å²) < 4.78 is 43.9. The summed E-state index contributed by atoms with van der Waals surface area (Å²) >= 11 is 3.29. The van der Waals surface area contributed by atoms with E-state index in [0.717, 1.165) is 0 Å². The SMILES string of the molecule is O=c1[nH]c(C(F)c2ccccc2Br)nc2c1cnn2C1CCC(F)(F)CC1. The lowest BCUT2D eigenvalue weighted by Crippen LogP contribution is -2.27. The van der Waals surface area contributed by atoms with Gasteiger partial charge < -0.3 is 4.98 Å². The van der Waals surface area contributed by atoms with Gasteiger partial charge in [0.15, 0.2) is 17.6 Å². The summed E-state index contributed by atoms with van der Waals surface area (Å²) in [6.07, 6.45) is -0.302. The van der Waals surface area contributed by atoms with Crippen LogP contribution in [0.3, 0.4) is 0 Å². The molecule has 1 aliphatic rings. The van der Waals surface area contributed by atoms with Gasteiger partial charge >= 0.3 is 0 Å². The number of aromatic nitrogens is 4. The lowest BCUT2D eigenvalue weighted by atomic mass is 9.92. The second-order valence-electron chi connectivity index (χ2n) is 6.75. The lowest BCUT2D eigenvalue weighted by molar-refractivity contribution is -0.0446. The molecular formula is C18H16BrF3N4O. The van der Waals surface area contributed by atoms with E-state index in [1.165, 1.54) is 10.9 Å². The van der Waals surface area contributed by atoms with Crippen LogP contribution in [0, 0.1) is 0 Å². The molecule has 3 aromatic rings. The third kappa shape index (κ3) is 3.40. The first-order valence-corrected chi connectivity index (χ1v) is 9.39. The molecule has 1 N–H and O–H groups in total. The van der Waals surface area contributed by atoms with Crippen LogP contribution in [-0.2, 0) is 0 Å². The van der Waals surface area contributed by atoms with Gasteiger partial charge in [-0.15, -0.1) is 0 Å². The van der Waals surface area contributed by atoms with Crippen molar-refractivity contribution in [2.45, 2.75) is 43.8 Å². The first-order valence-electron chi connectivity index (χ1n) is 8.59. The van der Waals surface area contributed by atoms with Gasteiger partial charge in [-0.3, -0.25) is 4.79 Å². The summed E-state index contributed by atoms with van der Waals surface area (Å²) in [5, 5.41) is 4.39. The van der Waals surface area contributed by atoms with Crippen molar-refractivity contribution in [3.05, 3.63) is 56.7 Å². The van der Waals surface area contributed by atoms with Gasteiger partial charge in [0.05, 0.1) is 12.2 Å². The fraction of sp³-hybridized carbons (Fsp3) is 0.389. The highest BCUT2D eigenvalue weighted by Gasteiger charge is 2.36. The maximum atomic E-state index is 15.0. The number of alkyl halides is 3. The fourth-order valence-corrected chi connectivity index (χ4v) is 3.92. The summed E-state index contributed by atoms with van der Waals surface area (Å²) in [6, 6.07) is 6.46. The molecule has 9 heteroatoms. The number of nitrogens with zero attached hydrogens (tertiary/aromatic N) is 3. The van der Waals surface area contributed by atoms with Crippen LogP contribution in [0.5, 0.6) is 0 Å². The van der Waals surface area contributed by atoms with Crippen LogP contribution >= 0.6 is 15.9 Å². The predicted molar refractivity (Wildman–Crippen MR) is 97.7 cm³/mol. The van der Waals surface area contributed by atoms with Crippen molar-refractivity contribution in [1.29, 1.82) is 0 Å². The molecule has 5 nitrogen and oxygen atoms in total. The van der Waals surface area contributed by atoms with Crippen LogP contribution in [0.25, 0.3) is 11.0 Å². The molecule has 0 saturated heterocycles. The Kier molecular flexibility index (Phi) is 4.57. The van der Waals surface area contributed by atoms with E-state index >= 15 is 4.39 Å². The van der Waals surface area contributed by atoms with Crippen molar-refractivity contribution in [2.24, 2.45) is 0 Å². The molecule has 4 rings (SSSR count). The molecule has 142 valence electrons. The third-order valence-electron chi connectivity index (χ3n) is 4.93. The highest BCUT2D eigenvalue weighted by molar-refractivity contribution is 9.10. The number of H-pyrrole nitrogens is 1. The van der Waals surface area contributed by atoms with Crippen molar-refractivity contribution in [3.63, 3.8) is 0 Å². The van der Waals surface area contributed by atoms with Gasteiger partial charge in [-0.1, -0.05) is 34.1 Å². The number of nitrogens with one attached hydrogen (secondary N) is 1. The average molecular weight is 441 g/mol. The maximum absolute atomic E-state index is 15.0. The topological polar surface area (TPSA) is 63.6 Å². The number of hydrogen-bond donors (Lipinski definition) is 1. The molecule has 1 aliphatic carbocycles. The minimum absolute atomic E-state index is 0.137. The van der Waals surface area contributed by atoms with E-state index in [4.69, 9.17) is 0 Å². The Labute approximate surface area is 160 Å². The summed E-state index contributed by atoms with van der Waals surface area (Å²) in [6.45, 7) is 0. The number of halogens is 4. The molecule has 0 spiro atoms. The van der Waals surface area contributed by atoms with Gasteiger partial charge in [-0.25, -0.2) is 22.8 Å². The monoisotopic (exact) mass is 440 g/mol. The van der Waals surface area contributed by atoms with Gasteiger partial charge in [0, 0.05) is 22.9 Å². The molecule has 2 aromatic heterocycles. The van der Waals surface area contributed by atoms with Gasteiger partial charge in [0.1, 0.15) is 5.39 Å². The van der Waals surface area contributed by atoms with E-state index < -0.39 is 17.7 Å². The Morgan fingerprint density at radius 3 is 2.67 bits per heavy atom. The number of benzene rings is 1. The molecular weight excluding hydrogens is 425 g/mol. The molecule has 0 amide bonds. The Hall–Kier alpha value is -2.16. The van der Waals surface area contributed by atoms with Crippen molar-refractivity contribution in [3.8, 4) is 0 Å². The lowest BCUT2D eigenvalue weighted by Gasteiger charge is -2.28. The second-order valence-corrected chi connectivity index (χ2v) is 7.60. The largest absolute Gasteiger partial charge is 0.307 e. The van der Waals surface area contributed by atoms with Crippen LogP contribution in [-0.4, -0.2) is 25.7 Å². The molecule has 2 heterocycles. The zero-order valence-electron chi connectivity index (χ0n) is 14.1. The number of rotatable bonds is 3. The van der Waals surface area contributed by atoms with E-state index in [0.29, 0.717) is 10.0 Å². The summed E-state index contributed by atoms with van der Waals surface area (Å²) in [4.78, 5) is 19.1. The maximum Gasteiger partial charge on any atom is 0.262 e. The molecule has 1 unspecified atom stereocenters. The van der Waals surface area contributed by atoms with Crippen LogP contribution in [0.15, 0.2) is 39.7 Å². The Morgan fingerprint density at radius 2 is 1.96 bits per heavy atom. The number of hydrogen-bond acceptors (Lipinski definition) is 3. The molecule has 0 radical (unpaired) electrons. The van der Waals surface area contributed by atoms with Gasteiger partial charge in [-0.2, -0.15) is 5.10 Å². The Bertz CT molecular complexity index is 1040. The zero-order chi connectivity index (χ0) is 19.2. The van der Waals surface area contributed by atoms with Gasteiger partial charge in [0.2, 0.25) is 5.92 Å². The first kappa shape index (κ1) is 18.2. The van der Waals surface area contributed by atoms with Crippen LogP contribution in [0.2, 0.25) is 0 Å². The fourth-order valence-electron chi connectivity index (χ4n) is 3.44. The summed E-state index contributed by atoms with van der Waals surface area (Å²) in [7, 11) is 0. The summed E-state index contributed by atoms with van der Waals surface area (Å²) in [5.41, 5.74) is 0.0548. The van der Waals surface area contributed by atoms with Crippen LogP contribution < -0.4 is 5.56 Å². The zero-order valence-corrected chi connectivity index (χ0v) is 15.7. The van der Waals surface area contributed by atoms with Crippen LogP contribution in [0.1, 0.15) is 49.3 Å². The highest BCUT2D eigenvalue weighted by Crippen LogP contribution is 2.39. The van der Waals surface area contributed by atoms with Crippen molar-refractivity contribution in [2.75, 3.05) is 0 Å². The predicted octanol–water partition coefficient (Wildman–Crippen LogP) is 4.69. The Balaban J connectivity index is 1.75. The second kappa shape index (κ2) is 6.78. The molecule has 27 heavy (non-hydrogen) atoms. The molecule has 1 aromatic carbocycles. The molecule has 1 fully saturated rings. The summed E-state index contributed by atoms with van der Waals surface area (Å²) in [5.74, 6) is -2.80. The van der Waals surface area contributed by atoms with E-state index in [-0.39, 0.29) is 48.6 Å². The van der Waals surface area contributed by atoms with E-state index in [9.17, 15) is 13.6 Å². The highest BCUT2D eigenvalue weighted by atomic mass is 79.9. The van der Waals surface area contributed by atoms with Crippen molar-refractivity contribution >= 4 is 27.0 Å². The molecule has 1 atom stereocenters. The van der Waals surface area contributed by atoms with Crippen LogP contribution in [0.4, 0.5) is 13.2 Å². The number of aromatic amines is 1. The third-order valence-corrected chi connectivity index (χ3v) is 5.65. The molecule has 0 aliphatic heterocycles. The Morgan fingerprint density at radius 1 is 1.26 bits per heavy atom. The standard InChI is InChI=1S/C18H16BrF3N4O/c19-13-4-2-1-3-11(13)14(20)15-24-16-12(17(27)25-15)9-23-26(16)10-5-7-18(21,22)8-6-10/h1-4,9-10,14H,5-8H2,(H,24,25,27). The smallest absolute Gasteiger partial charge is 0.262 e. The van der Waals surface area contributed by atoms with Gasteiger partial charge in [-0.05, 0) is 18.9 Å². The molecule has 1 saturated carbocycles. The van der Waals surface area contributed by atoms with E-state index in [1.807, 2.05) is 0 Å². The first-order chi connectivity index (χ1) is 12.9. The normalized spacial score (nSPS) is 18.7. The molecule has 0 bridgehead atoms. The minimum atomic E-state index is -2.67. The van der Waals surface area contributed by atoms with E-state index in [2.05, 4.69) is 31.0 Å². The van der Waals surface area contributed by atoms with Gasteiger partial charge in [0.25, 0.3) is 5.56 Å². The quantitative estimate of drug-likeness (QED) is 0.642. The minimum Gasteiger partial charge on any atom is -0.307 e. The van der Waals surface area contributed by atoms with Crippen molar-refractivity contribution in [1.82, 2.24) is 19.7 Å². The number of fused-ring (bicyclic) bond motifs is 1. The van der Waals surface area contributed by atoms with Crippen molar-refractivity contribution < 1.29 is 13.2 Å². The van der Waals surface area contributed by atoms with E-state index in [1.54, 1.807) is 24.3 Å².